The summed E-state index contributed by atoms with van der Waals surface area (Å²) in [6.07, 6.45) is 2.58. The molecule has 0 unspecified atom stereocenters. The molecule has 0 aliphatic carbocycles. The number of hydrogen-bond donors (Lipinski definition) is 1. The Morgan fingerprint density at radius 2 is 1.89 bits per heavy atom. The van der Waals surface area contributed by atoms with Gasteiger partial charge in [0.25, 0.3) is 0 Å². The number of nitrogens with zero attached hydrogens (tertiary/aromatic N) is 2. The second-order valence-electron chi connectivity index (χ2n) is 4.21. The highest BCUT2D eigenvalue weighted by Crippen LogP contribution is 2.14. The molecule has 0 spiro atoms. The number of rotatable bonds is 2. The van der Waals surface area contributed by atoms with Crippen molar-refractivity contribution in [2.24, 2.45) is 0 Å². The number of nitrogen functional groups attached to an aromatic ring is 1. The van der Waals surface area contributed by atoms with Crippen LogP contribution in [-0.4, -0.2) is 9.38 Å². The molecule has 3 rings (SSSR count). The average molecular weight is 241 g/mol. The molecule has 2 N–H and O–H groups in total. The molecule has 0 saturated heterocycles. The fraction of sp³-hybridized carbons (Fsp3) is 0.0714. The van der Waals surface area contributed by atoms with E-state index in [0.29, 0.717) is 12.2 Å². The molecular formula is C14H12FN3. The summed E-state index contributed by atoms with van der Waals surface area (Å²) in [7, 11) is 0. The van der Waals surface area contributed by atoms with Gasteiger partial charge in [-0.15, -0.1) is 0 Å². The molecule has 90 valence electrons. The lowest BCUT2D eigenvalue weighted by atomic mass is 10.1. The number of fused-ring (bicyclic) bond motifs is 1. The number of hydrogen-bond acceptors (Lipinski definition) is 2. The van der Waals surface area contributed by atoms with Gasteiger partial charge in [0, 0.05) is 12.6 Å². The van der Waals surface area contributed by atoms with Gasteiger partial charge in [0.1, 0.15) is 17.3 Å². The first-order chi connectivity index (χ1) is 8.72. The quantitative estimate of drug-likeness (QED) is 0.749. The molecule has 0 saturated carbocycles. The fourth-order valence-electron chi connectivity index (χ4n) is 1.98. The minimum Gasteiger partial charge on any atom is -0.385 e. The van der Waals surface area contributed by atoms with Crippen LogP contribution in [0.1, 0.15) is 11.3 Å². The second kappa shape index (κ2) is 4.14. The molecule has 3 nitrogen and oxygen atoms in total. The van der Waals surface area contributed by atoms with E-state index in [1.165, 1.54) is 12.1 Å². The van der Waals surface area contributed by atoms with Gasteiger partial charge in [0.15, 0.2) is 0 Å². The van der Waals surface area contributed by atoms with E-state index in [1.807, 2.05) is 28.8 Å². The molecule has 0 atom stereocenters. The Hall–Kier alpha value is -2.36. The lowest BCUT2D eigenvalue weighted by Gasteiger charge is -1.97. The third-order valence-corrected chi connectivity index (χ3v) is 2.87. The van der Waals surface area contributed by atoms with Gasteiger partial charge in [0.05, 0.1) is 5.69 Å². The maximum Gasteiger partial charge on any atom is 0.138 e. The first-order valence-electron chi connectivity index (χ1n) is 5.69. The normalized spacial score (nSPS) is 10.9. The van der Waals surface area contributed by atoms with Gasteiger partial charge in [0.2, 0.25) is 0 Å². The molecule has 0 amide bonds. The zero-order chi connectivity index (χ0) is 12.5. The van der Waals surface area contributed by atoms with E-state index in [0.717, 1.165) is 16.9 Å². The fourth-order valence-corrected chi connectivity index (χ4v) is 1.98. The van der Waals surface area contributed by atoms with Crippen molar-refractivity contribution in [1.82, 2.24) is 9.38 Å². The zero-order valence-corrected chi connectivity index (χ0v) is 9.68. The van der Waals surface area contributed by atoms with Crippen LogP contribution in [0.2, 0.25) is 0 Å². The van der Waals surface area contributed by atoms with Crippen LogP contribution in [0.3, 0.4) is 0 Å². The molecule has 1 aromatic carbocycles. The molecule has 2 aromatic heterocycles. The maximum absolute atomic E-state index is 12.8. The van der Waals surface area contributed by atoms with E-state index in [1.54, 1.807) is 12.1 Å². The van der Waals surface area contributed by atoms with Crippen LogP contribution in [0.25, 0.3) is 5.65 Å². The van der Waals surface area contributed by atoms with Gasteiger partial charge in [-0.2, -0.15) is 0 Å². The van der Waals surface area contributed by atoms with Crippen molar-refractivity contribution in [2.75, 3.05) is 5.73 Å². The Bertz CT molecular complexity index is 686. The Morgan fingerprint density at radius 3 is 2.61 bits per heavy atom. The molecule has 4 heteroatoms. The summed E-state index contributed by atoms with van der Waals surface area (Å²) in [6, 6.07) is 12.1. The van der Waals surface area contributed by atoms with Crippen LogP contribution >= 0.6 is 0 Å². The van der Waals surface area contributed by atoms with Crippen LogP contribution in [0.4, 0.5) is 10.2 Å². The zero-order valence-electron chi connectivity index (χ0n) is 9.68. The summed E-state index contributed by atoms with van der Waals surface area (Å²) in [5.74, 6) is 0.434. The Kier molecular flexibility index (Phi) is 2.48. The van der Waals surface area contributed by atoms with Crippen LogP contribution in [-0.2, 0) is 6.42 Å². The third-order valence-electron chi connectivity index (χ3n) is 2.87. The lowest BCUT2D eigenvalue weighted by molar-refractivity contribution is 0.627. The largest absolute Gasteiger partial charge is 0.385 e. The topological polar surface area (TPSA) is 43.3 Å². The van der Waals surface area contributed by atoms with E-state index >= 15 is 0 Å². The number of imidazole rings is 1. The molecule has 0 aliphatic heterocycles. The first-order valence-corrected chi connectivity index (χ1v) is 5.69. The summed E-state index contributed by atoms with van der Waals surface area (Å²) >= 11 is 0. The van der Waals surface area contributed by atoms with Crippen molar-refractivity contribution in [3.63, 3.8) is 0 Å². The lowest BCUT2D eigenvalue weighted by Crippen LogP contribution is -1.93. The number of pyridine rings is 1. The van der Waals surface area contributed by atoms with E-state index < -0.39 is 0 Å². The molecule has 0 fully saturated rings. The summed E-state index contributed by atoms with van der Waals surface area (Å²) in [6.45, 7) is 0. The number of anilines is 1. The summed E-state index contributed by atoms with van der Waals surface area (Å²) in [4.78, 5) is 4.48. The monoisotopic (exact) mass is 241 g/mol. The van der Waals surface area contributed by atoms with Crippen LogP contribution in [0, 0.1) is 5.82 Å². The first kappa shape index (κ1) is 10.8. The average Bonchev–Trinajstić information content (AvgIpc) is 2.76. The van der Waals surface area contributed by atoms with E-state index in [4.69, 9.17) is 5.73 Å². The van der Waals surface area contributed by atoms with E-state index in [2.05, 4.69) is 4.98 Å². The highest BCUT2D eigenvalue weighted by Gasteiger charge is 2.04. The Balaban J connectivity index is 1.95. The van der Waals surface area contributed by atoms with Crippen molar-refractivity contribution in [3.8, 4) is 0 Å². The van der Waals surface area contributed by atoms with Gasteiger partial charge in [-0.3, -0.25) is 4.40 Å². The molecule has 18 heavy (non-hydrogen) atoms. The highest BCUT2D eigenvalue weighted by atomic mass is 19.1. The van der Waals surface area contributed by atoms with Crippen molar-refractivity contribution >= 4 is 11.5 Å². The van der Waals surface area contributed by atoms with Gasteiger partial charge >= 0.3 is 0 Å². The van der Waals surface area contributed by atoms with Crippen LogP contribution < -0.4 is 5.73 Å². The predicted molar refractivity (Wildman–Crippen MR) is 68.8 cm³/mol. The van der Waals surface area contributed by atoms with Crippen molar-refractivity contribution < 1.29 is 4.39 Å². The molecule has 3 aromatic rings. The minimum absolute atomic E-state index is 0.224. The van der Waals surface area contributed by atoms with E-state index in [-0.39, 0.29) is 5.82 Å². The maximum atomic E-state index is 12.8. The van der Waals surface area contributed by atoms with Gasteiger partial charge in [-0.1, -0.05) is 18.2 Å². The summed E-state index contributed by atoms with van der Waals surface area (Å²) < 4.78 is 14.7. The van der Waals surface area contributed by atoms with Crippen LogP contribution in [0.5, 0.6) is 0 Å². The number of aromatic nitrogens is 2. The Morgan fingerprint density at radius 1 is 1.11 bits per heavy atom. The number of nitrogens with two attached hydrogens (primary N) is 1. The minimum atomic E-state index is -0.224. The van der Waals surface area contributed by atoms with E-state index in [9.17, 15) is 4.39 Å². The van der Waals surface area contributed by atoms with Gasteiger partial charge in [-0.25, -0.2) is 9.37 Å². The standard InChI is InChI=1S/C14H12FN3/c15-11-6-4-10(5-7-11)8-12-9-18-13(16)2-1-3-14(18)17-12/h1-7,9H,8,16H2. The smallest absolute Gasteiger partial charge is 0.138 e. The second-order valence-corrected chi connectivity index (χ2v) is 4.21. The summed E-state index contributed by atoms with van der Waals surface area (Å²) in [5, 5.41) is 0. The van der Waals surface area contributed by atoms with Crippen molar-refractivity contribution in [1.29, 1.82) is 0 Å². The Labute approximate surface area is 104 Å². The molecule has 2 heterocycles. The summed E-state index contributed by atoms with van der Waals surface area (Å²) in [5.41, 5.74) is 8.62. The number of benzene rings is 1. The van der Waals surface area contributed by atoms with Crippen molar-refractivity contribution in [3.05, 3.63) is 65.7 Å². The molecule has 0 radical (unpaired) electrons. The highest BCUT2D eigenvalue weighted by molar-refractivity contribution is 5.49. The van der Waals surface area contributed by atoms with Gasteiger partial charge < -0.3 is 5.73 Å². The van der Waals surface area contributed by atoms with Crippen LogP contribution in [0.15, 0.2) is 48.7 Å². The van der Waals surface area contributed by atoms with Gasteiger partial charge in [-0.05, 0) is 29.8 Å². The number of halogens is 1. The molecule has 0 bridgehead atoms. The van der Waals surface area contributed by atoms with Crippen molar-refractivity contribution in [2.45, 2.75) is 6.42 Å². The third kappa shape index (κ3) is 1.93. The SMILES string of the molecule is Nc1cccc2nc(Cc3ccc(F)cc3)cn12. The molecule has 0 aliphatic rings. The predicted octanol–water partition coefficient (Wildman–Crippen LogP) is 2.65. The molecular weight excluding hydrogens is 229 g/mol.